The Morgan fingerprint density at radius 1 is 0.884 bits per heavy atom. The van der Waals surface area contributed by atoms with E-state index in [4.69, 9.17) is 4.74 Å². The molecule has 2 aromatic rings. The maximum Gasteiger partial charge on any atom is 0.410 e. The SMILES string of the molecule is O=C(NC(CNC(=O)[C@@H]1CCCN(C(=O)CCC2CCN(C(=O)OCc3ccccc3)CC2)C1)C(=O)O)c1ccccc1. The number of nitrogens with zero attached hydrogens (tertiary/aromatic N) is 2. The number of amides is 4. The molecule has 4 rings (SSSR count). The zero-order valence-corrected chi connectivity index (χ0v) is 24.3. The van der Waals surface area contributed by atoms with E-state index in [9.17, 15) is 29.1 Å². The molecule has 230 valence electrons. The van der Waals surface area contributed by atoms with Gasteiger partial charge in [-0.25, -0.2) is 9.59 Å². The number of likely N-dealkylation sites (tertiary alicyclic amines) is 2. The van der Waals surface area contributed by atoms with Gasteiger partial charge in [-0.3, -0.25) is 14.4 Å². The molecule has 0 bridgehead atoms. The number of carboxylic acids is 1. The fraction of sp³-hybridized carbons (Fsp3) is 0.469. The predicted molar refractivity (Wildman–Crippen MR) is 158 cm³/mol. The van der Waals surface area contributed by atoms with Crippen LogP contribution in [-0.2, 0) is 25.7 Å². The van der Waals surface area contributed by atoms with Gasteiger partial charge in [0.15, 0.2) is 0 Å². The minimum absolute atomic E-state index is 0.000683. The number of ether oxygens (including phenoxy) is 1. The Hall–Kier alpha value is -4.41. The zero-order valence-electron chi connectivity index (χ0n) is 24.3. The molecule has 3 N–H and O–H groups in total. The largest absolute Gasteiger partial charge is 0.480 e. The Kier molecular flexibility index (Phi) is 11.5. The van der Waals surface area contributed by atoms with Crippen LogP contribution in [0.25, 0.3) is 0 Å². The van der Waals surface area contributed by atoms with Crippen molar-refractivity contribution in [2.24, 2.45) is 11.8 Å². The van der Waals surface area contributed by atoms with E-state index in [-0.39, 0.29) is 37.6 Å². The number of rotatable bonds is 11. The van der Waals surface area contributed by atoms with Gasteiger partial charge in [0.2, 0.25) is 11.8 Å². The van der Waals surface area contributed by atoms with Crippen LogP contribution in [-0.4, -0.2) is 83.5 Å². The number of carbonyl (C=O) groups excluding carboxylic acids is 4. The summed E-state index contributed by atoms with van der Waals surface area (Å²) in [6, 6.07) is 16.5. The maximum atomic E-state index is 13.0. The fourth-order valence-corrected chi connectivity index (χ4v) is 5.50. The maximum absolute atomic E-state index is 13.0. The number of piperidine rings is 2. The Labute approximate surface area is 251 Å². The first-order valence-electron chi connectivity index (χ1n) is 14.9. The summed E-state index contributed by atoms with van der Waals surface area (Å²) in [5, 5.41) is 14.6. The van der Waals surface area contributed by atoms with Gasteiger partial charge in [-0.15, -0.1) is 0 Å². The summed E-state index contributed by atoms with van der Waals surface area (Å²) in [7, 11) is 0. The van der Waals surface area contributed by atoms with Crippen molar-refractivity contribution in [2.75, 3.05) is 32.7 Å². The number of carbonyl (C=O) groups is 5. The molecule has 0 saturated carbocycles. The van der Waals surface area contributed by atoms with E-state index in [0.29, 0.717) is 50.4 Å². The second kappa shape index (κ2) is 15.7. The highest BCUT2D eigenvalue weighted by Crippen LogP contribution is 2.24. The molecular weight excluding hydrogens is 552 g/mol. The van der Waals surface area contributed by atoms with E-state index in [1.54, 1.807) is 40.1 Å². The number of carboxylic acid groups (broad SMARTS) is 1. The molecule has 0 aromatic heterocycles. The minimum atomic E-state index is -1.28. The van der Waals surface area contributed by atoms with Gasteiger partial charge in [-0.1, -0.05) is 48.5 Å². The van der Waals surface area contributed by atoms with Crippen molar-refractivity contribution in [3.05, 3.63) is 71.8 Å². The van der Waals surface area contributed by atoms with Crippen molar-refractivity contribution in [1.82, 2.24) is 20.4 Å². The molecule has 11 nitrogen and oxygen atoms in total. The summed E-state index contributed by atoms with van der Waals surface area (Å²) in [5.74, 6) is -2.22. The Balaban J connectivity index is 1.15. The topological polar surface area (TPSA) is 145 Å². The Morgan fingerprint density at radius 3 is 2.23 bits per heavy atom. The molecule has 2 atom stereocenters. The summed E-state index contributed by atoms with van der Waals surface area (Å²) in [5.41, 5.74) is 1.27. The summed E-state index contributed by atoms with van der Waals surface area (Å²) >= 11 is 0. The highest BCUT2D eigenvalue weighted by atomic mass is 16.6. The molecular formula is C32H40N4O7. The van der Waals surface area contributed by atoms with Crippen molar-refractivity contribution in [2.45, 2.75) is 51.2 Å². The number of benzene rings is 2. The lowest BCUT2D eigenvalue weighted by Gasteiger charge is -2.34. The van der Waals surface area contributed by atoms with Crippen LogP contribution >= 0.6 is 0 Å². The van der Waals surface area contributed by atoms with Gasteiger partial charge < -0.3 is 30.3 Å². The van der Waals surface area contributed by atoms with Gasteiger partial charge in [0.05, 0.1) is 5.92 Å². The van der Waals surface area contributed by atoms with Crippen LogP contribution in [0.3, 0.4) is 0 Å². The number of hydrogen-bond donors (Lipinski definition) is 3. The summed E-state index contributed by atoms with van der Waals surface area (Å²) < 4.78 is 5.43. The smallest absolute Gasteiger partial charge is 0.410 e. The third-order valence-corrected chi connectivity index (χ3v) is 8.11. The number of hydrogen-bond acceptors (Lipinski definition) is 6. The van der Waals surface area contributed by atoms with E-state index < -0.39 is 23.8 Å². The van der Waals surface area contributed by atoms with E-state index in [0.717, 1.165) is 24.8 Å². The molecule has 0 radical (unpaired) electrons. The lowest BCUT2D eigenvalue weighted by atomic mass is 9.91. The first-order chi connectivity index (χ1) is 20.8. The molecule has 2 aliphatic heterocycles. The normalized spacial score (nSPS) is 17.9. The van der Waals surface area contributed by atoms with Crippen molar-refractivity contribution in [1.29, 1.82) is 0 Å². The monoisotopic (exact) mass is 592 g/mol. The van der Waals surface area contributed by atoms with Crippen molar-refractivity contribution >= 4 is 29.8 Å². The first kappa shape index (κ1) is 31.5. The molecule has 1 unspecified atom stereocenters. The molecule has 0 spiro atoms. The second-order valence-corrected chi connectivity index (χ2v) is 11.2. The minimum Gasteiger partial charge on any atom is -0.480 e. The van der Waals surface area contributed by atoms with Gasteiger partial charge in [0.1, 0.15) is 12.6 Å². The molecule has 11 heteroatoms. The molecule has 2 fully saturated rings. The average Bonchev–Trinajstić information content (AvgIpc) is 3.05. The first-order valence-corrected chi connectivity index (χ1v) is 14.9. The van der Waals surface area contributed by atoms with E-state index >= 15 is 0 Å². The summed E-state index contributed by atoms with van der Waals surface area (Å²) in [6.45, 7) is 2.05. The lowest BCUT2D eigenvalue weighted by molar-refractivity contribution is -0.139. The van der Waals surface area contributed by atoms with Gasteiger partial charge >= 0.3 is 12.1 Å². The van der Waals surface area contributed by atoms with E-state index in [1.807, 2.05) is 30.3 Å². The highest BCUT2D eigenvalue weighted by molar-refractivity contribution is 5.96. The molecule has 4 amide bonds. The van der Waals surface area contributed by atoms with Crippen molar-refractivity contribution in [3.8, 4) is 0 Å². The van der Waals surface area contributed by atoms with Gasteiger partial charge in [-0.2, -0.15) is 0 Å². The van der Waals surface area contributed by atoms with Crippen molar-refractivity contribution < 1.29 is 33.8 Å². The number of aliphatic carboxylic acids is 1. The predicted octanol–water partition coefficient (Wildman–Crippen LogP) is 3.05. The Bertz CT molecular complexity index is 1250. The molecule has 2 aliphatic rings. The Morgan fingerprint density at radius 2 is 1.56 bits per heavy atom. The fourth-order valence-electron chi connectivity index (χ4n) is 5.50. The van der Waals surface area contributed by atoms with Gasteiger partial charge in [0, 0.05) is 44.7 Å². The van der Waals surface area contributed by atoms with Crippen LogP contribution in [0.4, 0.5) is 4.79 Å². The third-order valence-electron chi connectivity index (χ3n) is 8.11. The zero-order chi connectivity index (χ0) is 30.6. The molecule has 43 heavy (non-hydrogen) atoms. The standard InChI is InChI=1S/C32H40N4O7/c37-28(14-13-23-15-18-35(19-16-23)32(42)43-22-24-8-3-1-4-9-24)36-17-7-12-26(21-36)29(38)33-20-27(31(40)41)34-30(39)25-10-5-2-6-11-25/h1-6,8-11,23,26-27H,7,12-22H2,(H,33,38)(H,34,39)(H,40,41)/t26-,27?/m1/s1. The quantitative estimate of drug-likeness (QED) is 0.364. The second-order valence-electron chi connectivity index (χ2n) is 11.2. The van der Waals surface area contributed by atoms with E-state index in [1.165, 1.54) is 0 Å². The summed E-state index contributed by atoms with van der Waals surface area (Å²) in [6.07, 6.45) is 3.69. The van der Waals surface area contributed by atoms with Gasteiger partial charge in [0.25, 0.3) is 5.91 Å². The van der Waals surface area contributed by atoms with Crippen LogP contribution in [0.2, 0.25) is 0 Å². The highest BCUT2D eigenvalue weighted by Gasteiger charge is 2.31. The van der Waals surface area contributed by atoms with Crippen LogP contribution in [0.15, 0.2) is 60.7 Å². The third kappa shape index (κ3) is 9.56. The average molecular weight is 593 g/mol. The molecule has 0 aliphatic carbocycles. The molecule has 2 saturated heterocycles. The molecule has 2 heterocycles. The summed E-state index contributed by atoms with van der Waals surface area (Å²) in [4.78, 5) is 65.8. The van der Waals surface area contributed by atoms with Crippen LogP contribution in [0.1, 0.15) is 54.4 Å². The van der Waals surface area contributed by atoms with Gasteiger partial charge in [-0.05, 0) is 55.7 Å². The molecule has 2 aromatic carbocycles. The van der Waals surface area contributed by atoms with Crippen LogP contribution in [0, 0.1) is 11.8 Å². The van der Waals surface area contributed by atoms with Crippen LogP contribution < -0.4 is 10.6 Å². The van der Waals surface area contributed by atoms with Crippen molar-refractivity contribution in [3.63, 3.8) is 0 Å². The lowest BCUT2D eigenvalue weighted by Crippen LogP contribution is -2.51. The number of nitrogens with one attached hydrogen (secondary N) is 2. The van der Waals surface area contributed by atoms with Crippen LogP contribution in [0.5, 0.6) is 0 Å². The van der Waals surface area contributed by atoms with E-state index in [2.05, 4.69) is 10.6 Å².